The molecule has 0 bridgehead atoms. The number of thioether (sulfide) groups is 1. The lowest BCUT2D eigenvalue weighted by atomic mass is 10.1. The molecule has 86 valence electrons. The van der Waals surface area contributed by atoms with E-state index in [1.54, 1.807) is 0 Å². The number of hydrogen-bond acceptors (Lipinski definition) is 3. The van der Waals surface area contributed by atoms with Crippen molar-refractivity contribution in [1.82, 2.24) is 0 Å². The Kier molecular flexibility index (Phi) is 2.82. The molecule has 0 amide bonds. The van der Waals surface area contributed by atoms with Crippen molar-refractivity contribution in [2.75, 3.05) is 23.0 Å². The molecule has 3 heteroatoms. The summed E-state index contributed by atoms with van der Waals surface area (Å²) in [4.78, 5) is 2.55. The Labute approximate surface area is 101 Å². The SMILES string of the molecule is OCc1cccc2c1CCN2C1CCSC1. The zero-order valence-electron chi connectivity index (χ0n) is 9.35. The molecule has 2 nitrogen and oxygen atoms in total. The molecule has 1 saturated heterocycles. The molecule has 0 saturated carbocycles. The number of aliphatic hydroxyl groups excluding tert-OH is 1. The minimum atomic E-state index is 0.177. The molecule has 1 aromatic carbocycles. The van der Waals surface area contributed by atoms with E-state index in [-0.39, 0.29) is 6.61 Å². The lowest BCUT2D eigenvalue weighted by Crippen LogP contribution is -2.33. The van der Waals surface area contributed by atoms with Gasteiger partial charge in [-0.25, -0.2) is 0 Å². The third kappa shape index (κ3) is 1.62. The van der Waals surface area contributed by atoms with Gasteiger partial charge in [-0.05, 0) is 35.8 Å². The van der Waals surface area contributed by atoms with Gasteiger partial charge in [0.15, 0.2) is 0 Å². The fourth-order valence-corrected chi connectivity index (χ4v) is 4.05. The fraction of sp³-hybridized carbons (Fsp3) is 0.538. The molecular formula is C13H17NOS. The van der Waals surface area contributed by atoms with Gasteiger partial charge in [0, 0.05) is 24.0 Å². The van der Waals surface area contributed by atoms with Gasteiger partial charge in [0.1, 0.15) is 0 Å². The average molecular weight is 235 g/mol. The van der Waals surface area contributed by atoms with Gasteiger partial charge in [0.2, 0.25) is 0 Å². The van der Waals surface area contributed by atoms with Gasteiger partial charge in [-0.1, -0.05) is 12.1 Å². The largest absolute Gasteiger partial charge is 0.392 e. The van der Waals surface area contributed by atoms with Crippen LogP contribution in [0, 0.1) is 0 Å². The van der Waals surface area contributed by atoms with E-state index >= 15 is 0 Å². The zero-order chi connectivity index (χ0) is 11.0. The molecular weight excluding hydrogens is 218 g/mol. The molecule has 2 aliphatic rings. The molecule has 2 aliphatic heterocycles. The lowest BCUT2D eigenvalue weighted by molar-refractivity contribution is 0.281. The summed E-state index contributed by atoms with van der Waals surface area (Å²) >= 11 is 2.06. The lowest BCUT2D eigenvalue weighted by Gasteiger charge is -2.26. The van der Waals surface area contributed by atoms with E-state index < -0.39 is 0 Å². The van der Waals surface area contributed by atoms with Crippen molar-refractivity contribution in [3.8, 4) is 0 Å². The Balaban J connectivity index is 1.93. The number of nitrogens with zero attached hydrogens (tertiary/aromatic N) is 1. The van der Waals surface area contributed by atoms with E-state index in [1.807, 2.05) is 6.07 Å². The van der Waals surface area contributed by atoms with Gasteiger partial charge in [0.25, 0.3) is 0 Å². The van der Waals surface area contributed by atoms with Crippen LogP contribution in [0.4, 0.5) is 5.69 Å². The van der Waals surface area contributed by atoms with Crippen LogP contribution in [0.3, 0.4) is 0 Å². The second-order valence-corrected chi connectivity index (χ2v) is 5.68. The highest BCUT2D eigenvalue weighted by Gasteiger charge is 2.29. The van der Waals surface area contributed by atoms with Crippen LogP contribution >= 0.6 is 11.8 Å². The number of fused-ring (bicyclic) bond motifs is 1. The molecule has 1 N–H and O–H groups in total. The van der Waals surface area contributed by atoms with Crippen molar-refractivity contribution in [3.63, 3.8) is 0 Å². The second-order valence-electron chi connectivity index (χ2n) is 4.53. The monoisotopic (exact) mass is 235 g/mol. The molecule has 0 aliphatic carbocycles. The molecule has 0 spiro atoms. The van der Waals surface area contributed by atoms with Gasteiger partial charge in [-0.15, -0.1) is 0 Å². The minimum absolute atomic E-state index is 0.177. The normalized spacial score (nSPS) is 23.8. The van der Waals surface area contributed by atoms with Gasteiger partial charge in [-0.3, -0.25) is 0 Å². The quantitative estimate of drug-likeness (QED) is 0.848. The summed E-state index contributed by atoms with van der Waals surface area (Å²) < 4.78 is 0. The first-order valence-electron chi connectivity index (χ1n) is 5.96. The van der Waals surface area contributed by atoms with Crippen molar-refractivity contribution >= 4 is 17.4 Å². The summed E-state index contributed by atoms with van der Waals surface area (Å²) in [5.74, 6) is 2.57. The van der Waals surface area contributed by atoms with E-state index in [2.05, 4.69) is 28.8 Å². The Morgan fingerprint density at radius 2 is 2.38 bits per heavy atom. The van der Waals surface area contributed by atoms with Gasteiger partial charge in [-0.2, -0.15) is 11.8 Å². The first-order chi connectivity index (χ1) is 7.90. The second kappa shape index (κ2) is 4.30. The molecule has 2 heterocycles. The van der Waals surface area contributed by atoms with E-state index in [0.29, 0.717) is 0 Å². The van der Waals surface area contributed by atoms with Crippen molar-refractivity contribution in [3.05, 3.63) is 29.3 Å². The Bertz CT molecular complexity index is 388. The number of aliphatic hydroxyl groups is 1. The Hall–Kier alpha value is -0.670. The molecule has 1 unspecified atom stereocenters. The molecule has 1 fully saturated rings. The van der Waals surface area contributed by atoms with Crippen LogP contribution in [0.15, 0.2) is 18.2 Å². The van der Waals surface area contributed by atoms with Crippen LogP contribution in [0.1, 0.15) is 17.5 Å². The Morgan fingerprint density at radius 3 is 3.12 bits per heavy atom. The predicted octanol–water partition coefficient (Wildman–Crippen LogP) is 2.05. The molecule has 1 atom stereocenters. The standard InChI is InChI=1S/C13H17NOS/c15-8-10-2-1-3-13-12(10)4-6-14(13)11-5-7-16-9-11/h1-3,11,15H,4-9H2. The molecule has 0 aromatic heterocycles. The van der Waals surface area contributed by atoms with Crippen LogP contribution in [0.5, 0.6) is 0 Å². The van der Waals surface area contributed by atoms with Crippen LogP contribution in [0.2, 0.25) is 0 Å². The summed E-state index contributed by atoms with van der Waals surface area (Å²) in [6.45, 7) is 1.31. The first-order valence-corrected chi connectivity index (χ1v) is 7.11. The highest BCUT2D eigenvalue weighted by Crippen LogP contribution is 2.35. The van der Waals surface area contributed by atoms with Crippen LogP contribution < -0.4 is 4.90 Å². The number of rotatable bonds is 2. The van der Waals surface area contributed by atoms with E-state index in [0.717, 1.165) is 24.6 Å². The third-order valence-corrected chi connectivity index (χ3v) is 4.82. The molecule has 0 radical (unpaired) electrons. The topological polar surface area (TPSA) is 23.5 Å². The van der Waals surface area contributed by atoms with Crippen molar-refractivity contribution in [1.29, 1.82) is 0 Å². The van der Waals surface area contributed by atoms with Crippen molar-refractivity contribution in [2.45, 2.75) is 25.5 Å². The van der Waals surface area contributed by atoms with E-state index in [4.69, 9.17) is 0 Å². The summed E-state index contributed by atoms with van der Waals surface area (Å²) in [5, 5.41) is 9.33. The number of anilines is 1. The Morgan fingerprint density at radius 1 is 1.44 bits per heavy atom. The molecule has 3 rings (SSSR count). The van der Waals surface area contributed by atoms with Crippen molar-refractivity contribution in [2.24, 2.45) is 0 Å². The molecule has 1 aromatic rings. The van der Waals surface area contributed by atoms with Gasteiger partial charge < -0.3 is 10.0 Å². The molecule has 16 heavy (non-hydrogen) atoms. The highest BCUT2D eigenvalue weighted by atomic mass is 32.2. The fourth-order valence-electron chi connectivity index (χ4n) is 2.83. The summed E-state index contributed by atoms with van der Waals surface area (Å²) in [7, 11) is 0. The van der Waals surface area contributed by atoms with E-state index in [9.17, 15) is 5.11 Å². The van der Waals surface area contributed by atoms with Crippen LogP contribution in [0.25, 0.3) is 0 Å². The van der Waals surface area contributed by atoms with Crippen molar-refractivity contribution < 1.29 is 5.11 Å². The summed E-state index contributed by atoms with van der Waals surface area (Å²) in [6.07, 6.45) is 2.42. The van der Waals surface area contributed by atoms with Gasteiger partial charge >= 0.3 is 0 Å². The van der Waals surface area contributed by atoms with Gasteiger partial charge in [0.05, 0.1) is 6.61 Å². The smallest absolute Gasteiger partial charge is 0.0685 e. The maximum atomic E-state index is 9.33. The van der Waals surface area contributed by atoms with E-state index in [1.165, 1.54) is 29.2 Å². The number of hydrogen-bond donors (Lipinski definition) is 1. The first kappa shape index (κ1) is 10.5. The predicted molar refractivity (Wildman–Crippen MR) is 69.1 cm³/mol. The zero-order valence-corrected chi connectivity index (χ0v) is 10.2. The van der Waals surface area contributed by atoms with Crippen LogP contribution in [-0.4, -0.2) is 29.2 Å². The number of benzene rings is 1. The average Bonchev–Trinajstić information content (AvgIpc) is 2.96. The maximum Gasteiger partial charge on any atom is 0.0685 e. The third-order valence-electron chi connectivity index (χ3n) is 3.68. The highest BCUT2D eigenvalue weighted by molar-refractivity contribution is 7.99. The summed E-state index contributed by atoms with van der Waals surface area (Å²) in [5.41, 5.74) is 3.87. The maximum absolute atomic E-state index is 9.33. The van der Waals surface area contributed by atoms with Crippen LogP contribution in [-0.2, 0) is 13.0 Å². The minimum Gasteiger partial charge on any atom is -0.392 e. The summed E-state index contributed by atoms with van der Waals surface area (Å²) in [6, 6.07) is 7.06.